The molecule has 1 N–H and O–H groups in total. The number of nitrogens with one attached hydrogen (secondary N) is 1. The average molecular weight is 702 g/mol. The van der Waals surface area contributed by atoms with Crippen molar-refractivity contribution in [2.24, 2.45) is 23.7 Å². The first-order valence-corrected chi connectivity index (χ1v) is 19.7. The minimum absolute atomic E-state index is 0.124. The number of carbonyl (C=O) groups is 1. The van der Waals surface area contributed by atoms with Crippen molar-refractivity contribution in [1.29, 1.82) is 0 Å². The van der Waals surface area contributed by atoms with Gasteiger partial charge in [0, 0.05) is 29.6 Å². The zero-order chi connectivity index (χ0) is 34.0. The summed E-state index contributed by atoms with van der Waals surface area (Å²) in [4.78, 5) is 18.0. The number of fused-ring (bicyclic) bond motifs is 3. The van der Waals surface area contributed by atoms with Crippen molar-refractivity contribution in [1.82, 2.24) is 9.62 Å². The Labute approximate surface area is 291 Å². The predicted octanol–water partition coefficient (Wildman–Crippen LogP) is 6.28. The molecule has 48 heavy (non-hydrogen) atoms. The van der Waals surface area contributed by atoms with E-state index in [2.05, 4.69) is 28.6 Å². The summed E-state index contributed by atoms with van der Waals surface area (Å²) in [7, 11) is 0.212. The lowest BCUT2D eigenvalue weighted by Gasteiger charge is -2.48. The molecule has 0 unspecified atom stereocenters. The molecule has 2 aromatic carbocycles. The summed E-state index contributed by atoms with van der Waals surface area (Å²) in [6.45, 7) is 6.94. The summed E-state index contributed by atoms with van der Waals surface area (Å²) in [5.41, 5.74) is 3.42. The minimum Gasteiger partial charge on any atom is -0.487 e. The molecule has 264 valence electrons. The van der Waals surface area contributed by atoms with Gasteiger partial charge in [-0.1, -0.05) is 31.0 Å². The Morgan fingerprint density at radius 2 is 1.71 bits per heavy atom. The van der Waals surface area contributed by atoms with Crippen molar-refractivity contribution >= 4 is 33.2 Å². The minimum atomic E-state index is -3.90. The van der Waals surface area contributed by atoms with Crippen LogP contribution in [0.2, 0.25) is 5.02 Å². The summed E-state index contributed by atoms with van der Waals surface area (Å²) in [5.74, 6) is 1.04. The third-order valence-electron chi connectivity index (χ3n) is 11.4. The van der Waals surface area contributed by atoms with Crippen LogP contribution in [-0.4, -0.2) is 77.2 Å². The van der Waals surface area contributed by atoms with Gasteiger partial charge in [-0.05, 0) is 125 Å². The Morgan fingerprint density at radius 1 is 0.917 bits per heavy atom. The summed E-state index contributed by atoms with van der Waals surface area (Å²) in [6.07, 6.45) is 7.34. The zero-order valence-electron chi connectivity index (χ0n) is 28.8. The molecule has 0 radical (unpaired) electrons. The Kier molecular flexibility index (Phi) is 11.3. The van der Waals surface area contributed by atoms with Crippen LogP contribution in [-0.2, 0) is 32.5 Å². The molecule has 1 saturated heterocycles. The van der Waals surface area contributed by atoms with Crippen molar-refractivity contribution in [2.75, 3.05) is 45.3 Å². The van der Waals surface area contributed by atoms with E-state index in [9.17, 15) is 13.2 Å². The Balaban J connectivity index is 1.35. The smallest absolute Gasteiger partial charge is 0.264 e. The normalized spacial score (nSPS) is 31.7. The third-order valence-corrected chi connectivity index (χ3v) is 13.6. The molecule has 3 aliphatic heterocycles. The Bertz CT molecular complexity index is 1550. The molecular weight excluding hydrogens is 650 g/mol. The molecule has 9 nitrogen and oxygen atoms in total. The molecule has 1 saturated carbocycles. The van der Waals surface area contributed by atoms with Crippen molar-refractivity contribution in [3.05, 3.63) is 58.1 Å². The van der Waals surface area contributed by atoms with Crippen LogP contribution in [0.4, 0.5) is 5.69 Å². The SMILES string of the molecule is C[C@@H]1[C@@H](C)CCC[C@H]([C@H]2OC[C@@H](N(C)C)CO2)[C@@H]2CC[C@H]2CN2CCCCc3cc(Cl)ccc3COc3ccc(cc32)C(=O)NS1(=O)=O. The molecule has 11 heteroatoms. The average Bonchev–Trinajstić information content (AvgIpc) is 3.08. The molecule has 1 amide bonds. The van der Waals surface area contributed by atoms with E-state index in [1.54, 1.807) is 13.0 Å². The highest BCUT2D eigenvalue weighted by Crippen LogP contribution is 2.46. The van der Waals surface area contributed by atoms with Crippen LogP contribution in [0.1, 0.15) is 80.3 Å². The van der Waals surface area contributed by atoms with Gasteiger partial charge in [0.05, 0.1) is 30.2 Å². The van der Waals surface area contributed by atoms with Crippen LogP contribution < -0.4 is 14.4 Å². The molecule has 4 aliphatic rings. The van der Waals surface area contributed by atoms with Crippen molar-refractivity contribution in [2.45, 2.75) is 89.4 Å². The second-order valence-electron chi connectivity index (χ2n) is 14.7. The fraction of sp³-hybridized carbons (Fsp3) is 0.649. The Morgan fingerprint density at radius 3 is 2.44 bits per heavy atom. The molecule has 2 bridgehead atoms. The van der Waals surface area contributed by atoms with Crippen LogP contribution in [0.3, 0.4) is 0 Å². The van der Waals surface area contributed by atoms with Gasteiger partial charge >= 0.3 is 0 Å². The first kappa shape index (κ1) is 35.5. The number of carbonyl (C=O) groups excluding carboxylic acids is 1. The van der Waals surface area contributed by atoms with E-state index in [1.165, 1.54) is 5.56 Å². The first-order valence-electron chi connectivity index (χ1n) is 17.7. The highest BCUT2D eigenvalue weighted by atomic mass is 35.5. The molecule has 2 aromatic rings. The van der Waals surface area contributed by atoms with Gasteiger partial charge in [-0.2, -0.15) is 0 Å². The quantitative estimate of drug-likeness (QED) is 0.391. The number of ether oxygens (including phenoxy) is 3. The van der Waals surface area contributed by atoms with Gasteiger partial charge in [0.25, 0.3) is 5.91 Å². The highest BCUT2D eigenvalue weighted by molar-refractivity contribution is 7.90. The van der Waals surface area contributed by atoms with Crippen LogP contribution in [0.15, 0.2) is 36.4 Å². The standard InChI is InChI=1S/C37H52ClN3O6S/c1-24-8-7-10-33(37-46-22-31(23-47-37)40(3)4)32-15-12-28(32)20-41-17-6-5-9-26-18-30(38)14-11-29(26)21-45-35-16-13-27(19-34(35)41)36(42)39-48(43,44)25(24)2/h11,13-14,16,18-19,24-25,28,31-33,37H,5-10,12,15,17,20-23H2,1-4H3,(H,39,42)/t24-,25+,28-,31-,32+,33-,37+/m0/s1. The third kappa shape index (κ3) is 7.99. The molecule has 1 aliphatic carbocycles. The number of sulfonamides is 1. The summed E-state index contributed by atoms with van der Waals surface area (Å²) >= 11 is 6.37. The van der Waals surface area contributed by atoms with E-state index >= 15 is 0 Å². The van der Waals surface area contributed by atoms with E-state index in [-0.39, 0.29) is 24.2 Å². The maximum absolute atomic E-state index is 13.5. The van der Waals surface area contributed by atoms with Crippen molar-refractivity contribution in [3.8, 4) is 5.75 Å². The van der Waals surface area contributed by atoms with Gasteiger partial charge in [-0.25, -0.2) is 13.1 Å². The summed E-state index contributed by atoms with van der Waals surface area (Å²) < 4.78 is 48.7. The van der Waals surface area contributed by atoms with Crippen LogP contribution in [0.25, 0.3) is 0 Å². The van der Waals surface area contributed by atoms with E-state index in [1.807, 2.05) is 37.3 Å². The first-order chi connectivity index (χ1) is 23.0. The molecule has 3 heterocycles. The summed E-state index contributed by atoms with van der Waals surface area (Å²) in [5, 5.41) is -0.00120. The fourth-order valence-corrected chi connectivity index (χ4v) is 9.35. The van der Waals surface area contributed by atoms with Gasteiger partial charge in [-0.15, -0.1) is 0 Å². The molecule has 6 rings (SSSR count). The lowest BCUT2D eigenvalue weighted by Crippen LogP contribution is -2.50. The van der Waals surface area contributed by atoms with Crippen LogP contribution in [0.5, 0.6) is 5.75 Å². The largest absolute Gasteiger partial charge is 0.487 e. The van der Waals surface area contributed by atoms with Gasteiger partial charge in [0.2, 0.25) is 10.0 Å². The number of benzene rings is 2. The lowest BCUT2D eigenvalue weighted by molar-refractivity contribution is -0.240. The van der Waals surface area contributed by atoms with E-state index in [4.69, 9.17) is 25.8 Å². The van der Waals surface area contributed by atoms with Crippen LogP contribution >= 0.6 is 11.6 Å². The van der Waals surface area contributed by atoms with Gasteiger partial charge < -0.3 is 24.0 Å². The van der Waals surface area contributed by atoms with Crippen molar-refractivity contribution < 1.29 is 27.4 Å². The van der Waals surface area contributed by atoms with E-state index < -0.39 is 21.2 Å². The van der Waals surface area contributed by atoms with Crippen LogP contribution in [0, 0.1) is 23.7 Å². The second-order valence-corrected chi connectivity index (χ2v) is 17.2. The maximum atomic E-state index is 13.5. The number of aryl methyl sites for hydroxylation is 1. The monoisotopic (exact) mass is 701 g/mol. The number of hydrogen-bond acceptors (Lipinski definition) is 8. The van der Waals surface area contributed by atoms with E-state index in [0.29, 0.717) is 43.0 Å². The molecular formula is C37H52ClN3O6S. The maximum Gasteiger partial charge on any atom is 0.264 e. The molecule has 5 atom stereocenters. The second kappa shape index (κ2) is 15.3. The number of nitrogens with zero attached hydrogens (tertiary/aromatic N) is 2. The molecule has 0 spiro atoms. The number of rotatable bonds is 2. The topological polar surface area (TPSA) is 97.4 Å². The number of hydrogen-bond donors (Lipinski definition) is 1. The molecule has 0 aromatic heterocycles. The number of halogens is 1. The van der Waals surface area contributed by atoms with Gasteiger partial charge in [0.15, 0.2) is 6.29 Å². The van der Waals surface area contributed by atoms with Gasteiger partial charge in [0.1, 0.15) is 12.4 Å². The lowest BCUT2D eigenvalue weighted by atomic mass is 9.65. The van der Waals surface area contributed by atoms with Gasteiger partial charge in [-0.3, -0.25) is 4.79 Å². The number of amides is 1. The molecule has 2 fully saturated rings. The highest BCUT2D eigenvalue weighted by Gasteiger charge is 2.44. The summed E-state index contributed by atoms with van der Waals surface area (Å²) in [6, 6.07) is 11.5. The van der Waals surface area contributed by atoms with Crippen molar-refractivity contribution in [3.63, 3.8) is 0 Å². The Hall–Kier alpha value is -2.37. The number of anilines is 1. The fourth-order valence-electron chi connectivity index (χ4n) is 7.85. The zero-order valence-corrected chi connectivity index (χ0v) is 30.4. The predicted molar refractivity (Wildman–Crippen MR) is 189 cm³/mol. The number of likely N-dealkylation sites (N-methyl/N-ethyl adjacent to an activating group) is 1. The van der Waals surface area contributed by atoms with E-state index in [0.717, 1.165) is 80.7 Å².